The molecular weight excluding hydrogens is 162 g/mol. The van der Waals surface area contributed by atoms with Crippen molar-refractivity contribution in [2.24, 2.45) is 11.7 Å². The molecule has 74 valence electrons. The Kier molecular flexibility index (Phi) is 4.20. The zero-order chi connectivity index (χ0) is 9.68. The zero-order valence-electron chi connectivity index (χ0n) is 8.37. The Labute approximate surface area is 80.5 Å². The second-order valence-corrected chi connectivity index (χ2v) is 3.91. The lowest BCUT2D eigenvalue weighted by atomic mass is 9.95. The fourth-order valence-corrected chi connectivity index (χ4v) is 1.97. The number of hydrogen-bond donors (Lipinski definition) is 1. The summed E-state index contributed by atoms with van der Waals surface area (Å²) in [5.74, 6) is 0.819. The van der Waals surface area contributed by atoms with Crippen molar-refractivity contribution in [3.63, 3.8) is 0 Å². The van der Waals surface area contributed by atoms with E-state index in [4.69, 9.17) is 11.0 Å². The average Bonchev–Trinajstić information content (AvgIpc) is 2.18. The van der Waals surface area contributed by atoms with Gasteiger partial charge in [-0.3, -0.25) is 0 Å². The van der Waals surface area contributed by atoms with Gasteiger partial charge in [-0.05, 0) is 25.3 Å². The Morgan fingerprint density at radius 2 is 2.46 bits per heavy atom. The third-order valence-electron chi connectivity index (χ3n) is 2.80. The minimum Gasteiger partial charge on any atom is -0.315 e. The topological polar surface area (TPSA) is 53.0 Å². The van der Waals surface area contributed by atoms with Crippen LogP contribution < -0.4 is 5.73 Å². The number of rotatable bonds is 3. The molecule has 3 nitrogen and oxygen atoms in total. The molecule has 2 atom stereocenters. The smallest absolute Gasteiger partial charge is 0.106 e. The number of nitrogens with zero attached hydrogens (tertiary/aromatic N) is 2. The number of nitriles is 1. The lowest BCUT2D eigenvalue weighted by molar-refractivity contribution is 0.169. The first-order valence-electron chi connectivity index (χ1n) is 5.13. The summed E-state index contributed by atoms with van der Waals surface area (Å²) in [5.41, 5.74) is 5.59. The molecular formula is C10H19N3. The molecule has 0 aromatic heterocycles. The summed E-state index contributed by atoms with van der Waals surface area (Å²) in [7, 11) is 0. The fourth-order valence-electron chi connectivity index (χ4n) is 1.97. The molecule has 0 aliphatic carbocycles. The van der Waals surface area contributed by atoms with Gasteiger partial charge in [0, 0.05) is 13.1 Å². The molecule has 0 radical (unpaired) electrons. The third kappa shape index (κ3) is 3.33. The van der Waals surface area contributed by atoms with Gasteiger partial charge in [0.2, 0.25) is 0 Å². The first-order valence-corrected chi connectivity index (χ1v) is 5.13. The Morgan fingerprint density at radius 3 is 3.08 bits per heavy atom. The van der Waals surface area contributed by atoms with Crippen LogP contribution in [0.15, 0.2) is 0 Å². The van der Waals surface area contributed by atoms with Gasteiger partial charge in [0.15, 0.2) is 0 Å². The Balaban J connectivity index is 2.30. The van der Waals surface area contributed by atoms with Crippen molar-refractivity contribution >= 4 is 0 Å². The Bertz CT molecular complexity index is 185. The zero-order valence-corrected chi connectivity index (χ0v) is 8.37. The first kappa shape index (κ1) is 10.5. The van der Waals surface area contributed by atoms with Crippen molar-refractivity contribution in [1.82, 2.24) is 4.90 Å². The maximum atomic E-state index is 8.59. The molecule has 3 heteroatoms. The molecule has 0 bridgehead atoms. The van der Waals surface area contributed by atoms with Gasteiger partial charge in [-0.1, -0.05) is 13.3 Å². The van der Waals surface area contributed by atoms with E-state index in [1.54, 1.807) is 0 Å². The van der Waals surface area contributed by atoms with E-state index in [0.29, 0.717) is 0 Å². The molecule has 1 heterocycles. The van der Waals surface area contributed by atoms with Gasteiger partial charge in [-0.25, -0.2) is 0 Å². The summed E-state index contributed by atoms with van der Waals surface area (Å²) in [5, 5.41) is 8.59. The average molecular weight is 181 g/mol. The summed E-state index contributed by atoms with van der Waals surface area (Å²) >= 11 is 0. The molecule has 0 saturated carbocycles. The van der Waals surface area contributed by atoms with Crippen molar-refractivity contribution < 1.29 is 0 Å². The highest BCUT2D eigenvalue weighted by atomic mass is 15.1. The van der Waals surface area contributed by atoms with Crippen molar-refractivity contribution in [3.8, 4) is 6.07 Å². The van der Waals surface area contributed by atoms with E-state index in [1.165, 1.54) is 19.3 Å². The van der Waals surface area contributed by atoms with E-state index in [0.717, 1.165) is 25.6 Å². The number of likely N-dealkylation sites (tertiary alicyclic amines) is 1. The summed E-state index contributed by atoms with van der Waals surface area (Å²) in [6.07, 6.45) is 3.85. The van der Waals surface area contributed by atoms with Gasteiger partial charge in [-0.15, -0.1) is 0 Å². The van der Waals surface area contributed by atoms with Crippen LogP contribution in [0.1, 0.15) is 26.2 Å². The molecule has 0 spiro atoms. The maximum Gasteiger partial charge on any atom is 0.106 e. The number of nitrogens with two attached hydrogens (primary N) is 1. The highest BCUT2D eigenvalue weighted by molar-refractivity contribution is 4.90. The SMILES string of the molecule is CCC1CCCN(CC(N)C#N)C1. The normalized spacial score (nSPS) is 26.7. The summed E-state index contributed by atoms with van der Waals surface area (Å²) in [6.45, 7) is 5.23. The first-order chi connectivity index (χ1) is 6.26. The van der Waals surface area contributed by atoms with E-state index < -0.39 is 0 Å². The highest BCUT2D eigenvalue weighted by Crippen LogP contribution is 2.18. The van der Waals surface area contributed by atoms with Gasteiger partial charge < -0.3 is 10.6 Å². The van der Waals surface area contributed by atoms with Gasteiger partial charge in [0.1, 0.15) is 6.04 Å². The molecule has 1 rings (SSSR count). The molecule has 1 aliphatic rings. The molecule has 13 heavy (non-hydrogen) atoms. The van der Waals surface area contributed by atoms with Crippen LogP contribution in [0, 0.1) is 17.2 Å². The highest BCUT2D eigenvalue weighted by Gasteiger charge is 2.19. The molecule has 1 fully saturated rings. The van der Waals surface area contributed by atoms with Crippen molar-refractivity contribution in [3.05, 3.63) is 0 Å². The minimum atomic E-state index is -0.310. The van der Waals surface area contributed by atoms with E-state index in [2.05, 4.69) is 17.9 Å². The molecule has 2 unspecified atom stereocenters. The molecule has 1 aliphatic heterocycles. The van der Waals surface area contributed by atoms with Crippen molar-refractivity contribution in [1.29, 1.82) is 5.26 Å². The predicted octanol–water partition coefficient (Wildman–Crippen LogP) is 0.959. The van der Waals surface area contributed by atoms with Gasteiger partial charge >= 0.3 is 0 Å². The van der Waals surface area contributed by atoms with Crippen LogP contribution in [-0.2, 0) is 0 Å². The monoisotopic (exact) mass is 181 g/mol. The van der Waals surface area contributed by atoms with Crippen LogP contribution in [0.2, 0.25) is 0 Å². The Morgan fingerprint density at radius 1 is 1.69 bits per heavy atom. The fraction of sp³-hybridized carbons (Fsp3) is 0.900. The lowest BCUT2D eigenvalue weighted by Gasteiger charge is -2.32. The second kappa shape index (κ2) is 5.21. The van der Waals surface area contributed by atoms with Gasteiger partial charge in [0.25, 0.3) is 0 Å². The van der Waals surface area contributed by atoms with Crippen molar-refractivity contribution in [2.45, 2.75) is 32.2 Å². The van der Waals surface area contributed by atoms with Crippen LogP contribution in [0.25, 0.3) is 0 Å². The third-order valence-corrected chi connectivity index (χ3v) is 2.80. The van der Waals surface area contributed by atoms with Crippen LogP contribution in [0.5, 0.6) is 0 Å². The van der Waals surface area contributed by atoms with Crippen LogP contribution in [0.3, 0.4) is 0 Å². The summed E-state index contributed by atoms with van der Waals surface area (Å²) in [6, 6.07) is 1.77. The Hall–Kier alpha value is -0.590. The molecule has 0 aromatic carbocycles. The van der Waals surface area contributed by atoms with E-state index >= 15 is 0 Å². The van der Waals surface area contributed by atoms with E-state index in [-0.39, 0.29) is 6.04 Å². The molecule has 2 N–H and O–H groups in total. The van der Waals surface area contributed by atoms with Crippen molar-refractivity contribution in [2.75, 3.05) is 19.6 Å². The van der Waals surface area contributed by atoms with E-state index in [1.807, 2.05) is 0 Å². The van der Waals surface area contributed by atoms with Crippen LogP contribution in [0.4, 0.5) is 0 Å². The quantitative estimate of drug-likeness (QED) is 0.705. The van der Waals surface area contributed by atoms with Gasteiger partial charge in [0.05, 0.1) is 6.07 Å². The number of piperidine rings is 1. The summed E-state index contributed by atoms with van der Waals surface area (Å²) in [4.78, 5) is 2.32. The predicted molar refractivity (Wildman–Crippen MR) is 53.0 cm³/mol. The largest absolute Gasteiger partial charge is 0.315 e. The lowest BCUT2D eigenvalue weighted by Crippen LogP contribution is -2.42. The van der Waals surface area contributed by atoms with Crippen LogP contribution in [-0.4, -0.2) is 30.6 Å². The van der Waals surface area contributed by atoms with Crippen LogP contribution >= 0.6 is 0 Å². The second-order valence-electron chi connectivity index (χ2n) is 3.91. The molecule has 0 aromatic rings. The molecule has 0 amide bonds. The number of hydrogen-bond acceptors (Lipinski definition) is 3. The van der Waals surface area contributed by atoms with E-state index in [9.17, 15) is 0 Å². The molecule has 1 saturated heterocycles. The minimum absolute atomic E-state index is 0.310. The maximum absolute atomic E-state index is 8.59. The van der Waals surface area contributed by atoms with Gasteiger partial charge in [-0.2, -0.15) is 5.26 Å². The standard InChI is InChI=1S/C10H19N3/c1-2-9-4-3-5-13(7-9)8-10(12)6-11/h9-10H,2-5,7-8,12H2,1H3. The summed E-state index contributed by atoms with van der Waals surface area (Å²) < 4.78 is 0.